The molecule has 0 heterocycles. The Hall–Kier alpha value is -1.79. The minimum atomic E-state index is -0.187. The molecule has 0 saturated carbocycles. The maximum atomic E-state index is 12.2. The average Bonchev–Trinajstić information content (AvgIpc) is 2.54. The zero-order chi connectivity index (χ0) is 18.2. The smallest absolute Gasteiger partial charge is 0.253 e. The molecule has 132 valence electrons. The Morgan fingerprint density at radius 1 is 1.12 bits per heavy atom. The molecule has 0 bridgehead atoms. The quantitative estimate of drug-likeness (QED) is 0.694. The molecular formula is C19H21BrN2O2S. The van der Waals surface area contributed by atoms with E-state index in [-0.39, 0.29) is 17.9 Å². The highest BCUT2D eigenvalue weighted by Gasteiger charge is 2.13. The lowest BCUT2D eigenvalue weighted by molar-refractivity contribution is -0.113. The molecule has 25 heavy (non-hydrogen) atoms. The molecule has 0 aliphatic carbocycles. The molecule has 0 aromatic heterocycles. The first kappa shape index (κ1) is 19.5. The summed E-state index contributed by atoms with van der Waals surface area (Å²) in [4.78, 5) is 24.4. The number of anilines is 1. The SMILES string of the molecule is CC(C)NC(=O)c1ccccc1NC(=O)CSCc1cccc(Br)c1. The number of hydrogen-bond donors (Lipinski definition) is 2. The van der Waals surface area contributed by atoms with Crippen LogP contribution in [0.5, 0.6) is 0 Å². The molecule has 0 fully saturated rings. The number of amides is 2. The molecule has 0 spiro atoms. The van der Waals surface area contributed by atoms with Gasteiger partial charge in [0.05, 0.1) is 17.0 Å². The summed E-state index contributed by atoms with van der Waals surface area (Å²) in [6.45, 7) is 3.80. The lowest BCUT2D eigenvalue weighted by Gasteiger charge is -2.13. The van der Waals surface area contributed by atoms with Gasteiger partial charge in [0.1, 0.15) is 0 Å². The van der Waals surface area contributed by atoms with Crippen LogP contribution in [0.15, 0.2) is 53.0 Å². The van der Waals surface area contributed by atoms with E-state index in [9.17, 15) is 9.59 Å². The van der Waals surface area contributed by atoms with Crippen LogP contribution in [-0.2, 0) is 10.5 Å². The maximum Gasteiger partial charge on any atom is 0.253 e. The summed E-state index contributed by atoms with van der Waals surface area (Å²) in [6, 6.07) is 15.1. The number of hydrogen-bond acceptors (Lipinski definition) is 3. The first-order valence-electron chi connectivity index (χ1n) is 7.97. The van der Waals surface area contributed by atoms with Crippen molar-refractivity contribution in [3.05, 3.63) is 64.1 Å². The van der Waals surface area contributed by atoms with Crippen LogP contribution in [-0.4, -0.2) is 23.6 Å². The molecule has 4 nitrogen and oxygen atoms in total. The third-order valence-electron chi connectivity index (χ3n) is 3.26. The van der Waals surface area contributed by atoms with Crippen molar-refractivity contribution in [3.8, 4) is 0 Å². The molecule has 0 aliphatic rings. The Morgan fingerprint density at radius 2 is 1.88 bits per heavy atom. The average molecular weight is 421 g/mol. The second kappa shape index (κ2) is 9.63. The second-order valence-electron chi connectivity index (χ2n) is 5.84. The highest BCUT2D eigenvalue weighted by molar-refractivity contribution is 9.10. The molecule has 2 amide bonds. The standard InChI is InChI=1S/C19H21BrN2O2S/c1-13(2)21-19(24)16-8-3-4-9-17(16)22-18(23)12-25-11-14-6-5-7-15(20)10-14/h3-10,13H,11-12H2,1-2H3,(H,21,24)(H,22,23). The van der Waals surface area contributed by atoms with Crippen LogP contribution in [0.25, 0.3) is 0 Å². The summed E-state index contributed by atoms with van der Waals surface area (Å²) in [5, 5.41) is 5.68. The largest absolute Gasteiger partial charge is 0.350 e. The molecule has 0 atom stereocenters. The van der Waals surface area contributed by atoms with Gasteiger partial charge in [0.2, 0.25) is 5.91 Å². The van der Waals surface area contributed by atoms with Crippen LogP contribution in [0.1, 0.15) is 29.8 Å². The highest BCUT2D eigenvalue weighted by Crippen LogP contribution is 2.19. The van der Waals surface area contributed by atoms with Crippen LogP contribution in [0.3, 0.4) is 0 Å². The number of para-hydroxylation sites is 1. The lowest BCUT2D eigenvalue weighted by Crippen LogP contribution is -2.31. The zero-order valence-corrected chi connectivity index (χ0v) is 16.6. The summed E-state index contributed by atoms with van der Waals surface area (Å²) < 4.78 is 1.03. The number of thioether (sulfide) groups is 1. The molecule has 0 saturated heterocycles. The molecule has 0 radical (unpaired) electrons. The van der Waals surface area contributed by atoms with Crippen molar-refractivity contribution in [1.29, 1.82) is 0 Å². The van der Waals surface area contributed by atoms with Crippen molar-refractivity contribution in [2.45, 2.75) is 25.6 Å². The van der Waals surface area contributed by atoms with Crippen LogP contribution < -0.4 is 10.6 Å². The minimum absolute atomic E-state index is 0.0389. The Labute approximate surface area is 160 Å². The van der Waals surface area contributed by atoms with Crippen molar-refractivity contribution < 1.29 is 9.59 Å². The predicted octanol–water partition coefficient (Wildman–Crippen LogP) is 4.46. The van der Waals surface area contributed by atoms with Crippen LogP contribution in [0.2, 0.25) is 0 Å². The van der Waals surface area contributed by atoms with Gasteiger partial charge >= 0.3 is 0 Å². The fraction of sp³-hybridized carbons (Fsp3) is 0.263. The maximum absolute atomic E-state index is 12.2. The van der Waals surface area contributed by atoms with E-state index < -0.39 is 0 Å². The van der Waals surface area contributed by atoms with Crippen molar-refractivity contribution in [3.63, 3.8) is 0 Å². The third kappa shape index (κ3) is 6.55. The molecule has 2 N–H and O–H groups in total. The van der Waals surface area contributed by atoms with Gasteiger partial charge in [-0.3, -0.25) is 9.59 Å². The van der Waals surface area contributed by atoms with E-state index >= 15 is 0 Å². The van der Waals surface area contributed by atoms with E-state index in [4.69, 9.17) is 0 Å². The summed E-state index contributed by atoms with van der Waals surface area (Å²) >= 11 is 4.97. The summed E-state index contributed by atoms with van der Waals surface area (Å²) in [5.74, 6) is 0.770. The number of carbonyl (C=O) groups excluding carboxylic acids is 2. The fourth-order valence-corrected chi connectivity index (χ4v) is 3.43. The van der Waals surface area contributed by atoms with Crippen molar-refractivity contribution in [2.24, 2.45) is 0 Å². The molecule has 6 heteroatoms. The lowest BCUT2D eigenvalue weighted by atomic mass is 10.1. The molecule has 0 aliphatic heterocycles. The van der Waals surface area contributed by atoms with E-state index in [0.717, 1.165) is 15.8 Å². The molecule has 2 rings (SSSR count). The normalized spacial score (nSPS) is 10.6. The van der Waals surface area contributed by atoms with Gasteiger partial charge in [-0.2, -0.15) is 0 Å². The molecular weight excluding hydrogens is 400 g/mol. The summed E-state index contributed by atoms with van der Waals surface area (Å²) in [5.41, 5.74) is 2.17. The van der Waals surface area contributed by atoms with E-state index in [2.05, 4.69) is 26.6 Å². The van der Waals surface area contributed by atoms with Crippen LogP contribution in [0, 0.1) is 0 Å². The van der Waals surface area contributed by atoms with Gasteiger partial charge in [-0.15, -0.1) is 11.8 Å². The topological polar surface area (TPSA) is 58.2 Å². The van der Waals surface area contributed by atoms with Gasteiger partial charge in [-0.25, -0.2) is 0 Å². The van der Waals surface area contributed by atoms with Gasteiger partial charge in [0.15, 0.2) is 0 Å². The summed E-state index contributed by atoms with van der Waals surface area (Å²) in [7, 11) is 0. The zero-order valence-electron chi connectivity index (χ0n) is 14.2. The third-order valence-corrected chi connectivity index (χ3v) is 4.75. The predicted molar refractivity (Wildman–Crippen MR) is 108 cm³/mol. The van der Waals surface area contributed by atoms with Gasteiger partial charge in [0.25, 0.3) is 5.91 Å². The number of carbonyl (C=O) groups is 2. The highest BCUT2D eigenvalue weighted by atomic mass is 79.9. The first-order valence-corrected chi connectivity index (χ1v) is 9.92. The van der Waals surface area contributed by atoms with Crippen molar-refractivity contribution in [2.75, 3.05) is 11.1 Å². The fourth-order valence-electron chi connectivity index (χ4n) is 2.20. The Bertz CT molecular complexity index is 750. The van der Waals surface area contributed by atoms with E-state index in [0.29, 0.717) is 17.0 Å². The monoisotopic (exact) mass is 420 g/mol. The van der Waals surface area contributed by atoms with Crippen molar-refractivity contribution in [1.82, 2.24) is 5.32 Å². The van der Waals surface area contributed by atoms with Gasteiger partial charge in [-0.05, 0) is 43.7 Å². The van der Waals surface area contributed by atoms with Crippen LogP contribution >= 0.6 is 27.7 Å². The minimum Gasteiger partial charge on any atom is -0.350 e. The first-order chi connectivity index (χ1) is 12.0. The van der Waals surface area contributed by atoms with E-state index in [1.807, 2.05) is 38.1 Å². The van der Waals surface area contributed by atoms with E-state index in [1.54, 1.807) is 24.3 Å². The molecule has 0 unspecified atom stereocenters. The number of nitrogens with one attached hydrogen (secondary N) is 2. The Balaban J connectivity index is 1.91. The van der Waals surface area contributed by atoms with Crippen LogP contribution in [0.4, 0.5) is 5.69 Å². The second-order valence-corrected chi connectivity index (χ2v) is 7.75. The molecule has 2 aromatic rings. The van der Waals surface area contributed by atoms with Gasteiger partial charge < -0.3 is 10.6 Å². The molecule has 2 aromatic carbocycles. The van der Waals surface area contributed by atoms with E-state index in [1.165, 1.54) is 11.8 Å². The van der Waals surface area contributed by atoms with Gasteiger partial charge in [0, 0.05) is 16.3 Å². The Kier molecular flexibility index (Phi) is 7.52. The number of benzene rings is 2. The van der Waals surface area contributed by atoms with Gasteiger partial charge in [-0.1, -0.05) is 40.2 Å². The van der Waals surface area contributed by atoms with Crippen molar-refractivity contribution >= 4 is 45.2 Å². The summed E-state index contributed by atoms with van der Waals surface area (Å²) in [6.07, 6.45) is 0. The number of rotatable bonds is 7. The Morgan fingerprint density at radius 3 is 2.60 bits per heavy atom. The number of halogens is 1.